The smallest absolute Gasteiger partial charge is 0.350 e. The lowest BCUT2D eigenvalue weighted by Crippen LogP contribution is -2.54. The van der Waals surface area contributed by atoms with Crippen molar-refractivity contribution in [1.29, 1.82) is 0 Å². The second-order valence-corrected chi connectivity index (χ2v) is 9.94. The highest BCUT2D eigenvalue weighted by atomic mass is 31.2. The highest BCUT2D eigenvalue weighted by Gasteiger charge is 2.32. The largest absolute Gasteiger partial charge is 0.494 e. The molecule has 5 N–H and O–H groups in total. The van der Waals surface area contributed by atoms with Crippen LogP contribution in [0.4, 0.5) is 0 Å². The van der Waals surface area contributed by atoms with E-state index in [2.05, 4.69) is 6.92 Å². The molecule has 0 radical (unpaired) electrons. The van der Waals surface area contributed by atoms with Crippen LogP contribution in [0.5, 0.6) is 5.75 Å². The van der Waals surface area contributed by atoms with Gasteiger partial charge in [0, 0.05) is 19.5 Å². The van der Waals surface area contributed by atoms with Gasteiger partial charge in [0.2, 0.25) is 5.91 Å². The van der Waals surface area contributed by atoms with Crippen molar-refractivity contribution < 1.29 is 28.6 Å². The Hall–Kier alpha value is -1.44. The number of likely N-dealkylation sites (tertiary alicyclic amines) is 1. The van der Waals surface area contributed by atoms with E-state index in [-0.39, 0.29) is 18.2 Å². The minimum absolute atomic E-state index is 0. The average molecular weight is 473 g/mol. The van der Waals surface area contributed by atoms with Gasteiger partial charge in [0.05, 0.1) is 12.7 Å². The minimum Gasteiger partial charge on any atom is -0.494 e. The topological polar surface area (TPSA) is 131 Å². The molecular weight excluding hydrogens is 431 g/mol. The van der Waals surface area contributed by atoms with E-state index < -0.39 is 13.9 Å². The molecule has 9 heteroatoms. The first-order valence-electron chi connectivity index (χ1n) is 11.5. The van der Waals surface area contributed by atoms with Crippen molar-refractivity contribution in [2.45, 2.75) is 77.2 Å². The van der Waals surface area contributed by atoms with Crippen molar-refractivity contribution in [3.8, 4) is 5.75 Å². The van der Waals surface area contributed by atoms with Crippen LogP contribution in [0.1, 0.15) is 70.3 Å². The quantitative estimate of drug-likeness (QED) is 0.235. The Balaban J connectivity index is 0.00000512. The Labute approximate surface area is 192 Å². The molecule has 0 spiro atoms. The van der Waals surface area contributed by atoms with Crippen LogP contribution in [0.3, 0.4) is 0 Å². The van der Waals surface area contributed by atoms with Crippen molar-refractivity contribution in [3.05, 3.63) is 29.8 Å². The summed E-state index contributed by atoms with van der Waals surface area (Å²) in [5, 5.41) is 0. The highest BCUT2D eigenvalue weighted by Crippen LogP contribution is 2.35. The number of nitrogens with zero attached hydrogens (tertiary/aromatic N) is 1. The number of aryl methyl sites for hydroxylation is 1. The molecule has 2 rings (SSSR count). The zero-order valence-corrected chi connectivity index (χ0v) is 20.3. The summed E-state index contributed by atoms with van der Waals surface area (Å²) in [6.45, 7) is 3.74. The second kappa shape index (κ2) is 15.4. The zero-order valence-electron chi connectivity index (χ0n) is 19.4. The normalized spacial score (nSPS) is 14.0. The Morgan fingerprint density at radius 2 is 1.75 bits per heavy atom. The van der Waals surface area contributed by atoms with Crippen molar-refractivity contribution >= 4 is 13.5 Å². The molecule has 0 aromatic heterocycles. The van der Waals surface area contributed by atoms with Gasteiger partial charge in [0.1, 0.15) is 12.1 Å². The van der Waals surface area contributed by atoms with Crippen LogP contribution < -0.4 is 10.9 Å². The summed E-state index contributed by atoms with van der Waals surface area (Å²) in [5.41, 5.74) is 1.07. The Morgan fingerprint density at radius 1 is 1.09 bits per heavy atom. The monoisotopic (exact) mass is 472 g/mol. The molecule has 1 fully saturated rings. The molecule has 8 nitrogen and oxygen atoms in total. The first-order chi connectivity index (χ1) is 14.9. The molecular formula is C23H41N2O6P. The van der Waals surface area contributed by atoms with Gasteiger partial charge in [0.15, 0.2) is 0 Å². The number of unbranched alkanes of at least 4 members (excludes halogenated alkanes) is 7. The van der Waals surface area contributed by atoms with Crippen LogP contribution in [-0.2, 0) is 20.5 Å². The molecule has 0 atom stereocenters. The van der Waals surface area contributed by atoms with Crippen LogP contribution in [0.15, 0.2) is 24.3 Å². The van der Waals surface area contributed by atoms with Crippen LogP contribution >= 0.6 is 7.60 Å². The SMILES string of the molecule is CCCCCCCCCCOc1cccc(CCC(=O)N2CC(OCP(=O)(O)O)C2)c1.N. The Bertz CT molecular complexity index is 705. The molecule has 32 heavy (non-hydrogen) atoms. The van der Waals surface area contributed by atoms with Crippen molar-refractivity contribution in [1.82, 2.24) is 11.1 Å². The van der Waals surface area contributed by atoms with E-state index >= 15 is 0 Å². The third kappa shape index (κ3) is 12.0. The lowest BCUT2D eigenvalue weighted by molar-refractivity contribution is -0.143. The maximum Gasteiger partial charge on any atom is 0.350 e. The molecule has 1 aromatic rings. The van der Waals surface area contributed by atoms with Gasteiger partial charge < -0.3 is 30.3 Å². The van der Waals surface area contributed by atoms with Crippen LogP contribution in [0.2, 0.25) is 0 Å². The van der Waals surface area contributed by atoms with E-state index in [1.807, 2.05) is 24.3 Å². The van der Waals surface area contributed by atoms with Gasteiger partial charge >= 0.3 is 7.60 Å². The summed E-state index contributed by atoms with van der Waals surface area (Å²) in [6, 6.07) is 7.91. The van der Waals surface area contributed by atoms with Gasteiger partial charge in [-0.05, 0) is 30.5 Å². The summed E-state index contributed by atoms with van der Waals surface area (Å²) in [4.78, 5) is 31.6. The molecule has 1 saturated heterocycles. The number of carbonyl (C=O) groups is 1. The molecule has 1 aliphatic heterocycles. The molecule has 184 valence electrons. The number of benzene rings is 1. The highest BCUT2D eigenvalue weighted by molar-refractivity contribution is 7.51. The third-order valence-electron chi connectivity index (χ3n) is 5.47. The lowest BCUT2D eigenvalue weighted by atomic mass is 10.1. The standard InChI is InChI=1S/C23H38NO6P.H3N/c1-2-3-4-5-6-7-8-9-15-29-21-12-10-11-20(16-21)13-14-23(25)24-17-22(18-24)30-19-31(26,27)28;/h10-12,16,22H,2-9,13-15,17-19H2,1H3,(H2,26,27,28);1H3. The minimum atomic E-state index is -4.16. The molecule has 1 amide bonds. The summed E-state index contributed by atoms with van der Waals surface area (Å²) in [7, 11) is -4.16. The first kappa shape index (κ1) is 28.6. The maximum atomic E-state index is 12.3. The van der Waals surface area contributed by atoms with E-state index in [1.54, 1.807) is 4.90 Å². The van der Waals surface area contributed by atoms with E-state index in [4.69, 9.17) is 19.3 Å². The summed E-state index contributed by atoms with van der Waals surface area (Å²) in [5.74, 6) is 0.879. The van der Waals surface area contributed by atoms with Gasteiger partial charge in [-0.3, -0.25) is 9.36 Å². The summed E-state index contributed by atoms with van der Waals surface area (Å²) in [6.07, 6.45) is 10.3. The fourth-order valence-corrected chi connectivity index (χ4v) is 3.98. The van der Waals surface area contributed by atoms with Crippen molar-refractivity contribution in [2.24, 2.45) is 0 Å². The van der Waals surface area contributed by atoms with Crippen LogP contribution in [-0.4, -0.2) is 52.7 Å². The number of ether oxygens (including phenoxy) is 2. The number of hydrogen-bond donors (Lipinski definition) is 3. The maximum absolute atomic E-state index is 12.3. The van der Waals surface area contributed by atoms with Crippen molar-refractivity contribution in [3.63, 3.8) is 0 Å². The van der Waals surface area contributed by atoms with E-state index in [9.17, 15) is 9.36 Å². The fraction of sp³-hybridized carbons (Fsp3) is 0.696. The molecule has 0 bridgehead atoms. The molecule has 0 aliphatic carbocycles. The van der Waals surface area contributed by atoms with Gasteiger partial charge in [-0.2, -0.15) is 0 Å². The van der Waals surface area contributed by atoms with Crippen molar-refractivity contribution in [2.75, 3.05) is 26.0 Å². The first-order valence-corrected chi connectivity index (χ1v) is 13.3. The third-order valence-corrected chi connectivity index (χ3v) is 5.96. The lowest BCUT2D eigenvalue weighted by Gasteiger charge is -2.39. The predicted molar refractivity (Wildman–Crippen MR) is 126 cm³/mol. The fourth-order valence-electron chi connectivity index (χ4n) is 3.58. The zero-order chi connectivity index (χ0) is 22.5. The summed E-state index contributed by atoms with van der Waals surface area (Å²) < 4.78 is 21.8. The molecule has 1 aliphatic rings. The summed E-state index contributed by atoms with van der Waals surface area (Å²) >= 11 is 0. The number of rotatable bonds is 16. The average Bonchev–Trinajstić information content (AvgIpc) is 2.69. The molecule has 1 aromatic carbocycles. The number of amides is 1. The van der Waals surface area contributed by atoms with Crippen LogP contribution in [0, 0.1) is 0 Å². The Morgan fingerprint density at radius 3 is 2.41 bits per heavy atom. The molecule has 0 saturated carbocycles. The predicted octanol–water partition coefficient (Wildman–Crippen LogP) is 4.66. The van der Waals surface area contributed by atoms with Gasteiger partial charge in [0.25, 0.3) is 0 Å². The Kier molecular flexibility index (Phi) is 13.8. The molecule has 1 heterocycles. The molecule has 0 unspecified atom stereocenters. The number of hydrogen-bond acceptors (Lipinski definition) is 5. The van der Waals surface area contributed by atoms with Crippen LogP contribution in [0.25, 0.3) is 0 Å². The van der Waals surface area contributed by atoms with E-state index in [1.165, 1.54) is 44.9 Å². The van der Waals surface area contributed by atoms with Gasteiger partial charge in [-0.25, -0.2) is 0 Å². The van der Waals surface area contributed by atoms with E-state index in [0.29, 0.717) is 25.9 Å². The second-order valence-electron chi connectivity index (χ2n) is 8.35. The number of carbonyl (C=O) groups excluding carboxylic acids is 1. The van der Waals surface area contributed by atoms with Gasteiger partial charge in [-0.15, -0.1) is 0 Å². The van der Waals surface area contributed by atoms with Gasteiger partial charge in [-0.1, -0.05) is 64.0 Å². The van der Waals surface area contributed by atoms with E-state index in [0.717, 1.165) is 24.3 Å².